The highest BCUT2D eigenvalue weighted by molar-refractivity contribution is 5.28. The van der Waals surface area contributed by atoms with Gasteiger partial charge in [-0.15, -0.1) is 0 Å². The molecule has 1 saturated heterocycles. The van der Waals surface area contributed by atoms with Crippen molar-refractivity contribution in [1.29, 1.82) is 0 Å². The molecule has 1 aromatic rings. The third kappa shape index (κ3) is 5.12. The van der Waals surface area contributed by atoms with E-state index in [2.05, 4.69) is 62.2 Å². The Morgan fingerprint density at radius 2 is 1.67 bits per heavy atom. The lowest BCUT2D eigenvalue weighted by Crippen LogP contribution is -2.36. The molecule has 1 fully saturated rings. The van der Waals surface area contributed by atoms with Crippen molar-refractivity contribution < 1.29 is 0 Å². The van der Waals surface area contributed by atoms with Crippen molar-refractivity contribution in [1.82, 2.24) is 10.2 Å². The summed E-state index contributed by atoms with van der Waals surface area (Å²) in [5, 5.41) is 3.66. The predicted octanol–water partition coefficient (Wildman–Crippen LogP) is 4.12. The molecule has 1 aliphatic rings. The minimum atomic E-state index is 0.240. The summed E-state index contributed by atoms with van der Waals surface area (Å²) in [5.41, 5.74) is 3.04. The molecule has 0 spiro atoms. The first-order valence-corrected chi connectivity index (χ1v) is 8.53. The van der Waals surface area contributed by atoms with Gasteiger partial charge in [-0.2, -0.15) is 0 Å². The molecule has 0 radical (unpaired) electrons. The Kier molecular flexibility index (Phi) is 5.83. The lowest BCUT2D eigenvalue weighted by atomic mass is 9.86. The molecule has 0 amide bonds. The molecule has 0 bridgehead atoms. The molecular weight excluding hydrogens is 256 g/mol. The lowest BCUT2D eigenvalue weighted by Gasteiger charge is -2.27. The third-order valence-electron chi connectivity index (χ3n) is 4.60. The molecular formula is C19H32N2. The van der Waals surface area contributed by atoms with Crippen LogP contribution in [0.5, 0.6) is 0 Å². The van der Waals surface area contributed by atoms with Gasteiger partial charge in [0.1, 0.15) is 0 Å². The summed E-state index contributed by atoms with van der Waals surface area (Å²) in [6.07, 6.45) is 4.17. The van der Waals surface area contributed by atoms with Gasteiger partial charge < -0.3 is 10.2 Å². The second kappa shape index (κ2) is 7.42. The Morgan fingerprint density at radius 3 is 2.24 bits per heavy atom. The average Bonchev–Trinajstić information content (AvgIpc) is 2.47. The first-order chi connectivity index (χ1) is 9.97. The van der Waals surface area contributed by atoms with Crippen molar-refractivity contribution in [3.63, 3.8) is 0 Å². The molecule has 2 nitrogen and oxygen atoms in total. The number of likely N-dealkylation sites (tertiary alicyclic amines) is 1. The number of hydrogen-bond donors (Lipinski definition) is 1. The summed E-state index contributed by atoms with van der Waals surface area (Å²) in [5.74, 6) is 0. The molecule has 0 aromatic heterocycles. The molecule has 0 saturated carbocycles. The highest BCUT2D eigenvalue weighted by Crippen LogP contribution is 2.23. The van der Waals surface area contributed by atoms with Crippen LogP contribution < -0.4 is 5.32 Å². The fourth-order valence-electron chi connectivity index (χ4n) is 3.01. The zero-order valence-electron chi connectivity index (χ0n) is 14.3. The summed E-state index contributed by atoms with van der Waals surface area (Å²) < 4.78 is 0. The second-order valence-electron chi connectivity index (χ2n) is 7.45. The van der Waals surface area contributed by atoms with Gasteiger partial charge in [-0.25, -0.2) is 0 Å². The molecule has 2 rings (SSSR count). The molecule has 0 aliphatic carbocycles. The third-order valence-corrected chi connectivity index (χ3v) is 4.60. The van der Waals surface area contributed by atoms with Crippen molar-refractivity contribution >= 4 is 0 Å². The summed E-state index contributed by atoms with van der Waals surface area (Å²) >= 11 is 0. The van der Waals surface area contributed by atoms with Crippen molar-refractivity contribution in [2.24, 2.45) is 0 Å². The van der Waals surface area contributed by atoms with Gasteiger partial charge in [-0.1, -0.05) is 51.5 Å². The van der Waals surface area contributed by atoms with Crippen LogP contribution in [0.1, 0.15) is 64.1 Å². The Hall–Kier alpha value is -0.860. The highest BCUT2D eigenvalue weighted by atomic mass is 15.1. The van der Waals surface area contributed by atoms with E-state index in [0.717, 1.165) is 6.54 Å². The van der Waals surface area contributed by atoms with Crippen LogP contribution in [0.15, 0.2) is 24.3 Å². The zero-order valence-corrected chi connectivity index (χ0v) is 14.3. The Labute approximate surface area is 130 Å². The Bertz CT molecular complexity index is 410. The molecule has 118 valence electrons. The van der Waals surface area contributed by atoms with E-state index in [1.54, 1.807) is 0 Å². The average molecular weight is 288 g/mol. The van der Waals surface area contributed by atoms with E-state index in [-0.39, 0.29) is 5.41 Å². The molecule has 1 N–H and O–H groups in total. The van der Waals surface area contributed by atoms with Crippen LogP contribution in [-0.4, -0.2) is 31.1 Å². The fraction of sp³-hybridized carbons (Fsp3) is 0.684. The Balaban J connectivity index is 1.78. The monoisotopic (exact) mass is 288 g/mol. The van der Waals surface area contributed by atoms with E-state index < -0.39 is 0 Å². The summed E-state index contributed by atoms with van der Waals surface area (Å²) in [6.45, 7) is 13.9. The van der Waals surface area contributed by atoms with Crippen molar-refractivity contribution in [3.05, 3.63) is 35.4 Å². The topological polar surface area (TPSA) is 15.3 Å². The van der Waals surface area contributed by atoms with E-state index in [1.807, 2.05) is 0 Å². The maximum Gasteiger partial charge on any atom is 0.0292 e. The zero-order chi connectivity index (χ0) is 15.3. The van der Waals surface area contributed by atoms with Gasteiger partial charge in [0, 0.05) is 19.1 Å². The summed E-state index contributed by atoms with van der Waals surface area (Å²) in [6, 6.07) is 9.54. The van der Waals surface area contributed by atoms with Crippen molar-refractivity contribution in [2.75, 3.05) is 26.2 Å². The van der Waals surface area contributed by atoms with E-state index in [1.165, 1.54) is 50.0 Å². The molecule has 1 aliphatic heterocycles. The first kappa shape index (κ1) is 16.5. The standard InChI is InChI=1S/C19H32N2/c1-16(20-12-15-21-13-6-5-7-14-21)17-8-10-18(11-9-17)19(2,3)4/h8-11,16,20H,5-7,12-15H2,1-4H3. The number of nitrogens with zero attached hydrogens (tertiary/aromatic N) is 1. The highest BCUT2D eigenvalue weighted by Gasteiger charge is 2.14. The van der Waals surface area contributed by atoms with Gasteiger partial charge in [0.05, 0.1) is 0 Å². The summed E-state index contributed by atoms with van der Waals surface area (Å²) in [7, 11) is 0. The minimum absolute atomic E-state index is 0.240. The number of rotatable bonds is 5. The second-order valence-corrected chi connectivity index (χ2v) is 7.45. The van der Waals surface area contributed by atoms with Gasteiger partial charge in [-0.3, -0.25) is 0 Å². The van der Waals surface area contributed by atoms with Crippen molar-refractivity contribution in [2.45, 2.75) is 58.4 Å². The first-order valence-electron chi connectivity index (χ1n) is 8.53. The number of hydrogen-bond acceptors (Lipinski definition) is 2. The van der Waals surface area contributed by atoms with Crippen LogP contribution >= 0.6 is 0 Å². The van der Waals surface area contributed by atoms with Gasteiger partial charge in [-0.05, 0) is 49.4 Å². The number of nitrogens with one attached hydrogen (secondary N) is 1. The van der Waals surface area contributed by atoms with Crippen LogP contribution in [0.25, 0.3) is 0 Å². The van der Waals surface area contributed by atoms with Crippen LogP contribution in [0.4, 0.5) is 0 Å². The smallest absolute Gasteiger partial charge is 0.0292 e. The van der Waals surface area contributed by atoms with E-state index in [0.29, 0.717) is 6.04 Å². The van der Waals surface area contributed by atoms with Gasteiger partial charge in [0.15, 0.2) is 0 Å². The molecule has 1 heterocycles. The lowest BCUT2D eigenvalue weighted by molar-refractivity contribution is 0.227. The van der Waals surface area contributed by atoms with Crippen LogP contribution in [-0.2, 0) is 5.41 Å². The van der Waals surface area contributed by atoms with E-state index in [9.17, 15) is 0 Å². The molecule has 1 unspecified atom stereocenters. The normalized spacial score (nSPS) is 18.7. The van der Waals surface area contributed by atoms with Gasteiger partial charge in [0.2, 0.25) is 0 Å². The van der Waals surface area contributed by atoms with Gasteiger partial charge >= 0.3 is 0 Å². The Morgan fingerprint density at radius 1 is 1.05 bits per heavy atom. The minimum Gasteiger partial charge on any atom is -0.309 e. The SMILES string of the molecule is CC(NCCN1CCCCC1)c1ccc(C(C)(C)C)cc1. The number of piperidine rings is 1. The molecule has 1 aromatic carbocycles. The van der Waals surface area contributed by atoms with Crippen LogP contribution in [0.2, 0.25) is 0 Å². The predicted molar refractivity (Wildman–Crippen MR) is 91.9 cm³/mol. The fourth-order valence-corrected chi connectivity index (χ4v) is 3.01. The van der Waals surface area contributed by atoms with Crippen LogP contribution in [0, 0.1) is 0 Å². The van der Waals surface area contributed by atoms with Gasteiger partial charge in [0.25, 0.3) is 0 Å². The van der Waals surface area contributed by atoms with Crippen LogP contribution in [0.3, 0.4) is 0 Å². The van der Waals surface area contributed by atoms with E-state index >= 15 is 0 Å². The maximum atomic E-state index is 3.66. The van der Waals surface area contributed by atoms with Crippen molar-refractivity contribution in [3.8, 4) is 0 Å². The quantitative estimate of drug-likeness (QED) is 0.876. The van der Waals surface area contributed by atoms with E-state index in [4.69, 9.17) is 0 Å². The molecule has 2 heteroatoms. The number of benzene rings is 1. The molecule has 1 atom stereocenters. The molecule has 21 heavy (non-hydrogen) atoms. The summed E-state index contributed by atoms with van der Waals surface area (Å²) in [4.78, 5) is 2.59. The maximum absolute atomic E-state index is 3.66. The largest absolute Gasteiger partial charge is 0.309 e.